The predicted molar refractivity (Wildman–Crippen MR) is 194 cm³/mol. The van der Waals surface area contributed by atoms with E-state index < -0.39 is 46.8 Å². The van der Waals surface area contributed by atoms with Gasteiger partial charge in [-0.3, -0.25) is 4.79 Å². The Balaban J connectivity index is 1.73. The standard InChI is InChI=1S/C43H31FO9/c1-25(2)40(46)50-34-19-11-30(12-20-34)13-23-36-37(52-42(48)27(5)6)24-33(39(38(36)44)53-43(49)28(7)45)16-10-29-8-14-31(15-9-29)32-17-21-35(22-18-32)51-41(47)26(3)4/h8-9,11-12,14-15,17-22,24H,1,3,5H2,2,4,6-7H3. The van der Waals surface area contributed by atoms with E-state index in [1.807, 2.05) is 0 Å². The first-order chi connectivity index (χ1) is 25.1. The quantitative estimate of drug-likeness (QED) is 0.0582. The fourth-order valence-corrected chi connectivity index (χ4v) is 4.08. The zero-order valence-corrected chi connectivity index (χ0v) is 29.2. The molecule has 0 amide bonds. The molecule has 0 heterocycles. The second kappa shape index (κ2) is 17.1. The van der Waals surface area contributed by atoms with Crippen LogP contribution in [-0.2, 0) is 24.0 Å². The van der Waals surface area contributed by atoms with Crippen LogP contribution in [0.5, 0.6) is 23.0 Å². The second-order valence-electron chi connectivity index (χ2n) is 11.5. The normalized spacial score (nSPS) is 9.91. The third-order valence-electron chi connectivity index (χ3n) is 6.94. The molecule has 0 aliphatic carbocycles. The molecule has 0 fully saturated rings. The van der Waals surface area contributed by atoms with Gasteiger partial charge < -0.3 is 18.9 Å². The van der Waals surface area contributed by atoms with Crippen LogP contribution in [0.1, 0.15) is 49.9 Å². The van der Waals surface area contributed by atoms with Crippen LogP contribution in [0.15, 0.2) is 115 Å². The SMILES string of the molecule is C=C(C)C(=O)Oc1ccc(C#Cc2c(OC(=O)C(=C)C)cc(C#Cc3ccc(-c4ccc(OC(=O)C(=C)C)cc4)cc3)c(OC(=O)C(C)=O)c2F)cc1. The van der Waals surface area contributed by atoms with Gasteiger partial charge >= 0.3 is 23.9 Å². The van der Waals surface area contributed by atoms with Gasteiger partial charge in [-0.1, -0.05) is 67.7 Å². The molecule has 9 nitrogen and oxygen atoms in total. The Hall–Kier alpha value is -7.30. The molecule has 0 unspecified atom stereocenters. The number of hydrogen-bond donors (Lipinski definition) is 0. The fraction of sp³-hybridized carbons (Fsp3) is 0.0930. The highest BCUT2D eigenvalue weighted by atomic mass is 19.1. The molecule has 0 aliphatic heterocycles. The minimum Gasteiger partial charge on any atom is -0.423 e. The van der Waals surface area contributed by atoms with Crippen LogP contribution < -0.4 is 18.9 Å². The molecule has 0 saturated carbocycles. The van der Waals surface area contributed by atoms with E-state index >= 15 is 4.39 Å². The number of esters is 4. The Morgan fingerprint density at radius 1 is 0.528 bits per heavy atom. The van der Waals surface area contributed by atoms with E-state index in [4.69, 9.17) is 18.9 Å². The van der Waals surface area contributed by atoms with Crippen LogP contribution in [-0.4, -0.2) is 29.7 Å². The van der Waals surface area contributed by atoms with Crippen molar-refractivity contribution in [2.45, 2.75) is 27.7 Å². The summed E-state index contributed by atoms with van der Waals surface area (Å²) < 4.78 is 37.2. The summed E-state index contributed by atoms with van der Waals surface area (Å²) in [5.41, 5.74) is 2.26. The van der Waals surface area contributed by atoms with Gasteiger partial charge in [0.15, 0.2) is 17.3 Å². The highest BCUT2D eigenvalue weighted by molar-refractivity contribution is 6.33. The van der Waals surface area contributed by atoms with Crippen molar-refractivity contribution in [1.29, 1.82) is 0 Å². The maximum absolute atomic E-state index is 16.3. The minimum atomic E-state index is -1.36. The van der Waals surface area contributed by atoms with Crippen LogP contribution in [0.2, 0.25) is 0 Å². The van der Waals surface area contributed by atoms with Crippen molar-refractivity contribution in [3.63, 3.8) is 0 Å². The van der Waals surface area contributed by atoms with E-state index in [2.05, 4.69) is 43.4 Å². The molecule has 0 spiro atoms. The number of rotatable bonds is 9. The third kappa shape index (κ3) is 10.4. The molecule has 264 valence electrons. The monoisotopic (exact) mass is 710 g/mol. The molecule has 0 saturated heterocycles. The minimum absolute atomic E-state index is 0.00605. The van der Waals surface area contributed by atoms with Gasteiger partial charge in [0.2, 0.25) is 5.78 Å². The average Bonchev–Trinajstić information content (AvgIpc) is 3.12. The summed E-state index contributed by atoms with van der Waals surface area (Å²) in [7, 11) is 0. The molecule has 0 N–H and O–H groups in total. The van der Waals surface area contributed by atoms with Crippen molar-refractivity contribution >= 4 is 29.7 Å². The van der Waals surface area contributed by atoms with Crippen molar-refractivity contribution < 1.29 is 47.3 Å². The Morgan fingerprint density at radius 2 is 0.943 bits per heavy atom. The number of carbonyl (C=O) groups excluding carboxylic acids is 5. The number of Topliss-reactive ketones (excluding diaryl/α,β-unsaturated/α-hetero) is 1. The molecular weight excluding hydrogens is 679 g/mol. The molecule has 4 rings (SSSR count). The van der Waals surface area contributed by atoms with Gasteiger partial charge in [-0.05, 0) is 80.4 Å². The van der Waals surface area contributed by atoms with E-state index in [0.717, 1.165) is 18.1 Å². The van der Waals surface area contributed by atoms with E-state index in [0.29, 0.717) is 16.9 Å². The van der Waals surface area contributed by atoms with Crippen LogP contribution >= 0.6 is 0 Å². The molecular formula is C43H31FO9. The summed E-state index contributed by atoms with van der Waals surface area (Å²) in [5.74, 6) is 4.84. The lowest BCUT2D eigenvalue weighted by Crippen LogP contribution is -2.19. The van der Waals surface area contributed by atoms with Gasteiger partial charge in [-0.25, -0.2) is 23.6 Å². The number of carbonyl (C=O) groups is 5. The molecule has 10 heteroatoms. The Labute approximate surface area is 305 Å². The second-order valence-corrected chi connectivity index (χ2v) is 11.5. The maximum atomic E-state index is 16.3. The van der Waals surface area contributed by atoms with E-state index in [1.54, 1.807) is 55.5 Å². The summed E-state index contributed by atoms with van der Waals surface area (Å²) in [5, 5.41) is 0. The van der Waals surface area contributed by atoms with Gasteiger partial charge in [0, 0.05) is 40.8 Å². The van der Waals surface area contributed by atoms with E-state index in [-0.39, 0.29) is 33.8 Å². The van der Waals surface area contributed by atoms with Crippen LogP contribution in [0.25, 0.3) is 11.1 Å². The largest absolute Gasteiger partial charge is 0.423 e. The van der Waals surface area contributed by atoms with Crippen molar-refractivity contribution in [2.24, 2.45) is 0 Å². The summed E-state index contributed by atoms with van der Waals surface area (Å²) in [6, 6.07) is 20.9. The number of hydrogen-bond acceptors (Lipinski definition) is 9. The average molecular weight is 711 g/mol. The Bertz CT molecular complexity index is 2310. The Kier molecular flexibility index (Phi) is 12.4. The maximum Gasteiger partial charge on any atom is 0.379 e. The van der Waals surface area contributed by atoms with Crippen LogP contribution in [0.3, 0.4) is 0 Å². The first-order valence-electron chi connectivity index (χ1n) is 15.7. The number of ether oxygens (including phenoxy) is 4. The molecule has 53 heavy (non-hydrogen) atoms. The molecule has 0 atom stereocenters. The lowest BCUT2D eigenvalue weighted by atomic mass is 10.0. The highest BCUT2D eigenvalue weighted by Crippen LogP contribution is 2.34. The summed E-state index contributed by atoms with van der Waals surface area (Å²) in [6.45, 7) is 16.1. The molecule has 4 aromatic rings. The van der Waals surface area contributed by atoms with Crippen LogP contribution in [0, 0.1) is 29.5 Å². The van der Waals surface area contributed by atoms with Crippen molar-refractivity contribution in [3.8, 4) is 57.8 Å². The number of ketones is 1. The lowest BCUT2D eigenvalue weighted by molar-refractivity contribution is -0.146. The predicted octanol–water partition coefficient (Wildman–Crippen LogP) is 7.23. The summed E-state index contributed by atoms with van der Waals surface area (Å²) in [6.07, 6.45) is 0. The van der Waals surface area contributed by atoms with E-state index in [1.165, 1.54) is 44.2 Å². The van der Waals surface area contributed by atoms with Crippen molar-refractivity contribution in [1.82, 2.24) is 0 Å². The van der Waals surface area contributed by atoms with Gasteiger partial charge in [0.25, 0.3) is 0 Å². The summed E-state index contributed by atoms with van der Waals surface area (Å²) >= 11 is 0. The van der Waals surface area contributed by atoms with E-state index in [9.17, 15) is 24.0 Å². The zero-order valence-electron chi connectivity index (χ0n) is 29.2. The molecule has 0 aliphatic rings. The van der Waals surface area contributed by atoms with Gasteiger partial charge in [-0.15, -0.1) is 0 Å². The molecule has 0 radical (unpaired) electrons. The van der Waals surface area contributed by atoms with Gasteiger partial charge in [0.05, 0.1) is 5.56 Å². The van der Waals surface area contributed by atoms with Crippen molar-refractivity contribution in [3.05, 3.63) is 143 Å². The molecule has 0 aromatic heterocycles. The smallest absolute Gasteiger partial charge is 0.379 e. The topological polar surface area (TPSA) is 122 Å². The Morgan fingerprint density at radius 3 is 1.42 bits per heavy atom. The summed E-state index contributed by atoms with van der Waals surface area (Å²) in [4.78, 5) is 60.4. The van der Waals surface area contributed by atoms with Gasteiger partial charge in [0.1, 0.15) is 17.1 Å². The zero-order chi connectivity index (χ0) is 38.8. The molecule has 4 aromatic carbocycles. The van der Waals surface area contributed by atoms with Crippen molar-refractivity contribution in [2.75, 3.05) is 0 Å². The molecule has 0 bridgehead atoms. The first-order valence-corrected chi connectivity index (χ1v) is 15.7. The van der Waals surface area contributed by atoms with Gasteiger partial charge in [-0.2, -0.15) is 0 Å². The number of halogens is 1. The van der Waals surface area contributed by atoms with Crippen LogP contribution in [0.4, 0.5) is 4.39 Å². The number of benzene rings is 4. The first kappa shape index (κ1) is 38.5. The fourth-order valence-electron chi connectivity index (χ4n) is 4.08. The highest BCUT2D eigenvalue weighted by Gasteiger charge is 2.24. The lowest BCUT2D eigenvalue weighted by Gasteiger charge is -2.13. The third-order valence-corrected chi connectivity index (χ3v) is 6.94.